The van der Waals surface area contributed by atoms with Crippen LogP contribution < -0.4 is 10.1 Å². The van der Waals surface area contributed by atoms with E-state index in [9.17, 15) is 9.18 Å². The summed E-state index contributed by atoms with van der Waals surface area (Å²) in [6, 6.07) is 12.0. The van der Waals surface area contributed by atoms with Gasteiger partial charge in [0.05, 0.1) is 18.0 Å². The van der Waals surface area contributed by atoms with Crippen LogP contribution in [0, 0.1) is 5.82 Å². The van der Waals surface area contributed by atoms with Gasteiger partial charge in [-0.05, 0) is 71.8 Å². The molecule has 0 saturated carbocycles. The van der Waals surface area contributed by atoms with Gasteiger partial charge in [-0.2, -0.15) is 4.68 Å². The molecule has 0 aliphatic carbocycles. The molecule has 0 saturated heterocycles. The van der Waals surface area contributed by atoms with Crippen LogP contribution in [0.15, 0.2) is 53.8 Å². The maximum Gasteiger partial charge on any atom is 0.230 e. The molecule has 10 heteroatoms. The molecule has 160 valence electrons. The van der Waals surface area contributed by atoms with Crippen LogP contribution in [0.1, 0.15) is 12.5 Å². The largest absolute Gasteiger partial charge is 0.494 e. The predicted molar refractivity (Wildman–Crippen MR) is 116 cm³/mol. The second kappa shape index (κ2) is 9.61. The number of aromatic nitrogens is 5. The number of nitrogens with one attached hydrogen (secondary N) is 2. The van der Waals surface area contributed by atoms with Gasteiger partial charge < -0.3 is 15.0 Å². The van der Waals surface area contributed by atoms with E-state index in [0.717, 1.165) is 27.9 Å². The van der Waals surface area contributed by atoms with Crippen molar-refractivity contribution in [2.75, 3.05) is 18.9 Å². The summed E-state index contributed by atoms with van der Waals surface area (Å²) in [6.45, 7) is 2.97. The lowest BCUT2D eigenvalue weighted by Gasteiger charge is -2.07. The van der Waals surface area contributed by atoms with Gasteiger partial charge in [0.15, 0.2) is 0 Å². The van der Waals surface area contributed by atoms with Crippen LogP contribution in [0.25, 0.3) is 16.6 Å². The van der Waals surface area contributed by atoms with Crippen molar-refractivity contribution in [2.24, 2.45) is 0 Å². The van der Waals surface area contributed by atoms with E-state index in [1.165, 1.54) is 23.9 Å². The van der Waals surface area contributed by atoms with Gasteiger partial charge in [0.1, 0.15) is 11.6 Å². The molecule has 8 nitrogen and oxygen atoms in total. The van der Waals surface area contributed by atoms with Crippen LogP contribution in [-0.4, -0.2) is 50.0 Å². The zero-order valence-electron chi connectivity index (χ0n) is 16.8. The summed E-state index contributed by atoms with van der Waals surface area (Å²) >= 11 is 1.25. The Kier molecular flexibility index (Phi) is 6.46. The van der Waals surface area contributed by atoms with E-state index in [-0.39, 0.29) is 17.5 Å². The molecule has 4 aromatic rings. The average Bonchev–Trinajstić information content (AvgIpc) is 3.40. The Bertz CT molecular complexity index is 1170. The molecule has 0 atom stereocenters. The van der Waals surface area contributed by atoms with Crippen molar-refractivity contribution in [2.45, 2.75) is 18.5 Å². The van der Waals surface area contributed by atoms with Crippen molar-refractivity contribution in [3.63, 3.8) is 0 Å². The fraction of sp³-hybridized carbons (Fsp3) is 0.238. The fourth-order valence-corrected chi connectivity index (χ4v) is 3.88. The number of ether oxygens (including phenoxy) is 1. The Morgan fingerprint density at radius 2 is 2.10 bits per heavy atom. The molecule has 0 aliphatic heterocycles. The number of hydrogen-bond acceptors (Lipinski definition) is 6. The third kappa shape index (κ3) is 5.02. The fourth-order valence-electron chi connectivity index (χ4n) is 3.16. The summed E-state index contributed by atoms with van der Waals surface area (Å²) in [7, 11) is 0. The van der Waals surface area contributed by atoms with E-state index >= 15 is 0 Å². The molecule has 0 spiro atoms. The molecule has 0 fully saturated rings. The monoisotopic (exact) mass is 440 g/mol. The highest BCUT2D eigenvalue weighted by molar-refractivity contribution is 7.99. The Hall–Kier alpha value is -3.40. The minimum absolute atomic E-state index is 0.128. The third-order valence-corrected chi connectivity index (χ3v) is 5.53. The zero-order chi connectivity index (χ0) is 21.6. The number of carbonyl (C=O) groups excluding carboxylic acids is 1. The molecule has 4 rings (SSSR count). The van der Waals surface area contributed by atoms with E-state index in [0.29, 0.717) is 24.7 Å². The lowest BCUT2D eigenvalue weighted by atomic mass is 10.1. The number of benzene rings is 2. The first kappa shape index (κ1) is 20.9. The number of hydrogen-bond donors (Lipinski definition) is 2. The molecule has 0 aliphatic rings. The topological polar surface area (TPSA) is 97.7 Å². The van der Waals surface area contributed by atoms with Gasteiger partial charge in [0.2, 0.25) is 11.1 Å². The van der Waals surface area contributed by atoms with Crippen LogP contribution in [0.3, 0.4) is 0 Å². The quantitative estimate of drug-likeness (QED) is 0.388. The highest BCUT2D eigenvalue weighted by Crippen LogP contribution is 2.21. The van der Waals surface area contributed by atoms with Gasteiger partial charge in [-0.3, -0.25) is 4.79 Å². The van der Waals surface area contributed by atoms with Gasteiger partial charge in [-0.15, -0.1) is 5.10 Å². The smallest absolute Gasteiger partial charge is 0.230 e. The van der Waals surface area contributed by atoms with Gasteiger partial charge in [-0.1, -0.05) is 11.8 Å². The number of carbonyl (C=O) groups is 1. The SMILES string of the molecule is CCOc1ccc(-n2nnnc2SCC(=O)NCCc2c[nH]c3ccc(F)cc23)cc1. The van der Waals surface area contributed by atoms with Gasteiger partial charge in [0, 0.05) is 23.6 Å². The Morgan fingerprint density at radius 3 is 2.90 bits per heavy atom. The molecule has 0 unspecified atom stereocenters. The van der Waals surface area contributed by atoms with E-state index in [2.05, 4.69) is 25.8 Å². The van der Waals surface area contributed by atoms with Crippen molar-refractivity contribution < 1.29 is 13.9 Å². The number of rotatable bonds is 9. The summed E-state index contributed by atoms with van der Waals surface area (Å²) < 4.78 is 20.5. The summed E-state index contributed by atoms with van der Waals surface area (Å²) in [4.78, 5) is 15.4. The first-order valence-electron chi connectivity index (χ1n) is 9.80. The first-order chi connectivity index (χ1) is 15.1. The Balaban J connectivity index is 1.29. The number of thioether (sulfide) groups is 1. The maximum absolute atomic E-state index is 13.5. The second-order valence-electron chi connectivity index (χ2n) is 6.69. The highest BCUT2D eigenvalue weighted by Gasteiger charge is 2.12. The molecule has 2 aromatic heterocycles. The van der Waals surface area contributed by atoms with Crippen molar-refractivity contribution >= 4 is 28.6 Å². The molecular weight excluding hydrogens is 419 g/mol. The average molecular weight is 441 g/mol. The van der Waals surface area contributed by atoms with Crippen molar-refractivity contribution in [3.05, 3.63) is 60.0 Å². The standard InChI is InChI=1S/C21H21FN6O2S/c1-2-30-17-6-4-16(5-7-17)28-21(25-26-27-28)31-13-20(29)23-10-9-14-12-24-19-8-3-15(22)11-18(14)19/h3-8,11-12,24H,2,9-10,13H2,1H3,(H,23,29). The summed E-state index contributed by atoms with van der Waals surface area (Å²) in [5, 5.41) is 15.9. The lowest BCUT2D eigenvalue weighted by Crippen LogP contribution is -2.27. The zero-order valence-corrected chi connectivity index (χ0v) is 17.7. The molecule has 2 heterocycles. The van der Waals surface area contributed by atoms with Gasteiger partial charge >= 0.3 is 0 Å². The number of fused-ring (bicyclic) bond motifs is 1. The van der Waals surface area contributed by atoms with Crippen LogP contribution in [0.2, 0.25) is 0 Å². The van der Waals surface area contributed by atoms with Crippen molar-refractivity contribution in [3.8, 4) is 11.4 Å². The highest BCUT2D eigenvalue weighted by atomic mass is 32.2. The minimum Gasteiger partial charge on any atom is -0.494 e. The van der Waals surface area contributed by atoms with Crippen molar-refractivity contribution in [1.82, 2.24) is 30.5 Å². The molecular formula is C21H21FN6O2S. The molecule has 2 aromatic carbocycles. The summed E-state index contributed by atoms with van der Waals surface area (Å²) in [5.74, 6) is 0.544. The van der Waals surface area contributed by atoms with Gasteiger partial charge in [-0.25, -0.2) is 4.39 Å². The van der Waals surface area contributed by atoms with E-state index in [4.69, 9.17) is 4.74 Å². The summed E-state index contributed by atoms with van der Waals surface area (Å²) in [5.41, 5.74) is 2.62. The number of aromatic amines is 1. The number of H-pyrrole nitrogens is 1. The number of halogens is 1. The number of nitrogens with zero attached hydrogens (tertiary/aromatic N) is 4. The third-order valence-electron chi connectivity index (χ3n) is 4.61. The van der Waals surface area contributed by atoms with Crippen LogP contribution in [-0.2, 0) is 11.2 Å². The second-order valence-corrected chi connectivity index (χ2v) is 7.64. The minimum atomic E-state index is -0.279. The molecule has 1 amide bonds. The van der Waals surface area contributed by atoms with Crippen LogP contribution in [0.4, 0.5) is 4.39 Å². The first-order valence-corrected chi connectivity index (χ1v) is 10.8. The normalized spacial score (nSPS) is 11.0. The Labute approximate surface area is 182 Å². The number of amides is 1. The maximum atomic E-state index is 13.5. The van der Waals surface area contributed by atoms with E-state index in [1.54, 1.807) is 10.7 Å². The molecule has 0 bridgehead atoms. The van der Waals surface area contributed by atoms with Crippen molar-refractivity contribution in [1.29, 1.82) is 0 Å². The summed E-state index contributed by atoms with van der Waals surface area (Å²) in [6.07, 6.45) is 2.44. The van der Waals surface area contributed by atoms with Crippen LogP contribution >= 0.6 is 11.8 Å². The molecule has 2 N–H and O–H groups in total. The number of tetrazole rings is 1. The Morgan fingerprint density at radius 1 is 1.26 bits per heavy atom. The van der Waals surface area contributed by atoms with Crippen LogP contribution in [0.5, 0.6) is 5.75 Å². The lowest BCUT2D eigenvalue weighted by molar-refractivity contribution is -0.118. The molecule has 31 heavy (non-hydrogen) atoms. The molecule has 0 radical (unpaired) electrons. The van der Waals surface area contributed by atoms with Gasteiger partial charge in [0.25, 0.3) is 0 Å². The van der Waals surface area contributed by atoms with E-state index in [1.807, 2.05) is 37.4 Å². The van der Waals surface area contributed by atoms with E-state index < -0.39 is 0 Å². The predicted octanol–water partition coefficient (Wildman–Crippen LogP) is 3.13.